The summed E-state index contributed by atoms with van der Waals surface area (Å²) in [6, 6.07) is 3.26. The van der Waals surface area contributed by atoms with E-state index in [9.17, 15) is 14.0 Å². The molecule has 6 heteroatoms. The van der Waals surface area contributed by atoms with Gasteiger partial charge in [0, 0.05) is 11.6 Å². The number of nitrogens with one attached hydrogen (secondary N) is 1. The third-order valence-electron chi connectivity index (χ3n) is 2.27. The standard InChI is InChI=1S/C12H14FNO4/c1-7(5-11(15)16)14-12(17)8-3-4-10(18-2)9(13)6-8/h3-4,6-7H,5H2,1-2H3,(H,14,17)(H,15,16). The van der Waals surface area contributed by atoms with Gasteiger partial charge < -0.3 is 15.2 Å². The Labute approximate surface area is 104 Å². The summed E-state index contributed by atoms with van der Waals surface area (Å²) >= 11 is 0. The first kappa shape index (κ1) is 14.0. The van der Waals surface area contributed by atoms with E-state index in [1.54, 1.807) is 6.92 Å². The van der Waals surface area contributed by atoms with E-state index < -0.39 is 23.7 Å². The third kappa shape index (κ3) is 3.73. The summed E-state index contributed by atoms with van der Waals surface area (Å²) in [5.41, 5.74) is 0.116. The van der Waals surface area contributed by atoms with Crippen molar-refractivity contribution in [2.24, 2.45) is 0 Å². The van der Waals surface area contributed by atoms with Crippen LogP contribution in [0.15, 0.2) is 18.2 Å². The molecule has 0 saturated heterocycles. The van der Waals surface area contributed by atoms with Gasteiger partial charge in [0.1, 0.15) is 0 Å². The van der Waals surface area contributed by atoms with Crippen LogP contribution in [0.25, 0.3) is 0 Å². The highest BCUT2D eigenvalue weighted by Crippen LogP contribution is 2.17. The predicted octanol–water partition coefficient (Wildman–Crippen LogP) is 1.43. The Kier molecular flexibility index (Phi) is 4.65. The fourth-order valence-corrected chi connectivity index (χ4v) is 1.43. The van der Waals surface area contributed by atoms with Crippen LogP contribution < -0.4 is 10.1 Å². The second-order valence-electron chi connectivity index (χ2n) is 3.82. The summed E-state index contributed by atoms with van der Waals surface area (Å²) in [6.07, 6.45) is -0.190. The summed E-state index contributed by atoms with van der Waals surface area (Å²) in [4.78, 5) is 22.1. The van der Waals surface area contributed by atoms with E-state index in [1.165, 1.54) is 19.2 Å². The number of ether oxygens (including phenoxy) is 1. The molecule has 0 aliphatic carbocycles. The van der Waals surface area contributed by atoms with Crippen molar-refractivity contribution < 1.29 is 23.8 Å². The normalized spacial score (nSPS) is 11.7. The number of hydrogen-bond donors (Lipinski definition) is 2. The zero-order valence-corrected chi connectivity index (χ0v) is 10.1. The number of hydrogen-bond acceptors (Lipinski definition) is 3. The molecule has 1 amide bonds. The molecule has 5 nitrogen and oxygen atoms in total. The van der Waals surface area contributed by atoms with Crippen molar-refractivity contribution in [3.63, 3.8) is 0 Å². The molecule has 0 aliphatic heterocycles. The summed E-state index contributed by atoms with van der Waals surface area (Å²) in [5.74, 6) is -2.13. The van der Waals surface area contributed by atoms with Crippen molar-refractivity contribution in [1.82, 2.24) is 5.32 Å². The first-order valence-corrected chi connectivity index (χ1v) is 5.30. The van der Waals surface area contributed by atoms with Crippen molar-refractivity contribution in [2.75, 3.05) is 7.11 Å². The van der Waals surface area contributed by atoms with Gasteiger partial charge in [-0.25, -0.2) is 4.39 Å². The Hall–Kier alpha value is -2.11. The van der Waals surface area contributed by atoms with Gasteiger partial charge in [-0.15, -0.1) is 0 Å². The molecule has 1 unspecified atom stereocenters. The number of halogens is 1. The van der Waals surface area contributed by atoms with Crippen LogP contribution in [0, 0.1) is 5.82 Å². The lowest BCUT2D eigenvalue weighted by Crippen LogP contribution is -2.34. The van der Waals surface area contributed by atoms with E-state index in [2.05, 4.69) is 5.32 Å². The molecule has 0 heterocycles. The molecule has 1 aromatic carbocycles. The Bertz CT molecular complexity index is 461. The highest BCUT2D eigenvalue weighted by molar-refractivity contribution is 5.94. The second-order valence-corrected chi connectivity index (χ2v) is 3.82. The maximum Gasteiger partial charge on any atom is 0.305 e. The predicted molar refractivity (Wildman–Crippen MR) is 62.1 cm³/mol. The molecule has 18 heavy (non-hydrogen) atoms. The average molecular weight is 255 g/mol. The molecule has 0 bridgehead atoms. The van der Waals surface area contributed by atoms with Gasteiger partial charge in [0.25, 0.3) is 5.91 Å². The molecule has 1 aromatic rings. The van der Waals surface area contributed by atoms with Gasteiger partial charge in [-0.3, -0.25) is 9.59 Å². The minimum atomic E-state index is -1.01. The average Bonchev–Trinajstić information content (AvgIpc) is 2.27. The van der Waals surface area contributed by atoms with Crippen molar-refractivity contribution >= 4 is 11.9 Å². The Morgan fingerprint density at radius 1 is 1.50 bits per heavy atom. The summed E-state index contributed by atoms with van der Waals surface area (Å²) in [6.45, 7) is 1.56. The molecule has 0 saturated carbocycles. The number of benzene rings is 1. The van der Waals surface area contributed by atoms with Gasteiger partial charge in [-0.1, -0.05) is 0 Å². The van der Waals surface area contributed by atoms with Crippen molar-refractivity contribution in [2.45, 2.75) is 19.4 Å². The van der Waals surface area contributed by atoms with Crippen LogP contribution in [-0.4, -0.2) is 30.1 Å². The molecule has 0 radical (unpaired) electrons. The van der Waals surface area contributed by atoms with Crippen LogP contribution >= 0.6 is 0 Å². The second kappa shape index (κ2) is 6.00. The van der Waals surface area contributed by atoms with E-state index in [-0.39, 0.29) is 17.7 Å². The van der Waals surface area contributed by atoms with Gasteiger partial charge in [-0.2, -0.15) is 0 Å². The zero-order valence-electron chi connectivity index (χ0n) is 10.1. The Morgan fingerprint density at radius 3 is 2.67 bits per heavy atom. The molecular weight excluding hydrogens is 241 g/mol. The van der Waals surface area contributed by atoms with Gasteiger partial charge in [0.15, 0.2) is 11.6 Å². The lowest BCUT2D eigenvalue weighted by atomic mass is 10.1. The Morgan fingerprint density at radius 2 is 2.17 bits per heavy atom. The maximum absolute atomic E-state index is 13.4. The van der Waals surface area contributed by atoms with Crippen molar-refractivity contribution in [3.8, 4) is 5.75 Å². The van der Waals surface area contributed by atoms with Crippen LogP contribution in [0.3, 0.4) is 0 Å². The molecule has 0 aromatic heterocycles. The van der Waals surface area contributed by atoms with Crippen LogP contribution in [0.5, 0.6) is 5.75 Å². The molecule has 0 aliphatic rings. The number of rotatable bonds is 5. The minimum Gasteiger partial charge on any atom is -0.494 e. The zero-order chi connectivity index (χ0) is 13.7. The summed E-state index contributed by atoms with van der Waals surface area (Å²) in [7, 11) is 1.33. The maximum atomic E-state index is 13.4. The molecule has 2 N–H and O–H groups in total. The topological polar surface area (TPSA) is 75.6 Å². The van der Waals surface area contributed by atoms with E-state index in [4.69, 9.17) is 9.84 Å². The quantitative estimate of drug-likeness (QED) is 0.834. The van der Waals surface area contributed by atoms with E-state index in [0.717, 1.165) is 6.07 Å². The van der Waals surface area contributed by atoms with E-state index >= 15 is 0 Å². The monoisotopic (exact) mass is 255 g/mol. The summed E-state index contributed by atoms with van der Waals surface area (Å²) < 4.78 is 18.1. The van der Waals surface area contributed by atoms with Crippen molar-refractivity contribution in [1.29, 1.82) is 0 Å². The molecule has 1 atom stereocenters. The van der Waals surface area contributed by atoms with E-state index in [0.29, 0.717) is 0 Å². The SMILES string of the molecule is COc1ccc(C(=O)NC(C)CC(=O)O)cc1F. The largest absolute Gasteiger partial charge is 0.494 e. The van der Waals surface area contributed by atoms with Gasteiger partial charge in [0.05, 0.1) is 13.5 Å². The van der Waals surface area contributed by atoms with Crippen LogP contribution in [0.4, 0.5) is 4.39 Å². The number of methoxy groups -OCH3 is 1. The minimum absolute atomic E-state index is 0.0464. The third-order valence-corrected chi connectivity index (χ3v) is 2.27. The molecule has 0 spiro atoms. The number of carbonyl (C=O) groups excluding carboxylic acids is 1. The van der Waals surface area contributed by atoms with Gasteiger partial charge in [0.2, 0.25) is 0 Å². The van der Waals surface area contributed by atoms with Crippen LogP contribution in [0.1, 0.15) is 23.7 Å². The number of carboxylic acid groups (broad SMARTS) is 1. The first-order chi connectivity index (χ1) is 8.43. The lowest BCUT2D eigenvalue weighted by Gasteiger charge is -2.12. The number of carboxylic acids is 1. The molecular formula is C12H14FNO4. The smallest absolute Gasteiger partial charge is 0.305 e. The van der Waals surface area contributed by atoms with Crippen molar-refractivity contribution in [3.05, 3.63) is 29.6 Å². The Balaban J connectivity index is 2.72. The number of aliphatic carboxylic acids is 1. The van der Waals surface area contributed by atoms with Crippen LogP contribution in [-0.2, 0) is 4.79 Å². The van der Waals surface area contributed by atoms with Gasteiger partial charge >= 0.3 is 5.97 Å². The fraction of sp³-hybridized carbons (Fsp3) is 0.333. The molecule has 0 fully saturated rings. The first-order valence-electron chi connectivity index (χ1n) is 5.30. The molecule has 1 rings (SSSR count). The van der Waals surface area contributed by atoms with Gasteiger partial charge in [-0.05, 0) is 25.1 Å². The van der Waals surface area contributed by atoms with E-state index in [1.807, 2.05) is 0 Å². The highest BCUT2D eigenvalue weighted by atomic mass is 19.1. The number of amides is 1. The highest BCUT2D eigenvalue weighted by Gasteiger charge is 2.14. The fourth-order valence-electron chi connectivity index (χ4n) is 1.43. The van der Waals surface area contributed by atoms with Crippen LogP contribution in [0.2, 0.25) is 0 Å². The summed E-state index contributed by atoms with van der Waals surface area (Å²) in [5, 5.41) is 11.0. The molecule has 98 valence electrons. The number of carbonyl (C=O) groups is 2. The lowest BCUT2D eigenvalue weighted by molar-refractivity contribution is -0.137.